The Kier molecular flexibility index (Phi) is 6.17. The summed E-state index contributed by atoms with van der Waals surface area (Å²) < 4.78 is 0. The molecule has 3 atom stereocenters. The van der Waals surface area contributed by atoms with Gasteiger partial charge in [-0.1, -0.05) is 18.6 Å². The van der Waals surface area contributed by atoms with Crippen LogP contribution in [0, 0.1) is 0 Å². The summed E-state index contributed by atoms with van der Waals surface area (Å²) in [5, 5.41) is 5.02. The molecular formula is C12H23NS2. The van der Waals surface area contributed by atoms with Crippen LogP contribution in [-0.4, -0.2) is 35.1 Å². The van der Waals surface area contributed by atoms with Crippen LogP contribution in [-0.2, 0) is 0 Å². The van der Waals surface area contributed by atoms with E-state index in [-0.39, 0.29) is 0 Å². The molecule has 0 aromatic carbocycles. The summed E-state index contributed by atoms with van der Waals surface area (Å²) in [7, 11) is 2.08. The van der Waals surface area contributed by atoms with E-state index in [9.17, 15) is 0 Å². The average Bonchev–Trinajstić information content (AvgIpc) is 2.25. The van der Waals surface area contributed by atoms with Gasteiger partial charge in [-0.15, -0.1) is 0 Å². The Morgan fingerprint density at radius 1 is 1.40 bits per heavy atom. The molecule has 1 fully saturated rings. The Morgan fingerprint density at radius 2 is 2.07 bits per heavy atom. The molecule has 0 saturated carbocycles. The first kappa shape index (κ1) is 13.5. The van der Waals surface area contributed by atoms with E-state index in [1.807, 2.05) is 0 Å². The lowest BCUT2D eigenvalue weighted by molar-refractivity contribution is 0.599. The number of likely N-dealkylation sites (N-methyl/N-ethyl adjacent to an activating group) is 1. The van der Waals surface area contributed by atoms with Crippen LogP contribution < -0.4 is 5.32 Å². The topological polar surface area (TPSA) is 12.0 Å². The summed E-state index contributed by atoms with van der Waals surface area (Å²) in [5.41, 5.74) is 1.42. The largest absolute Gasteiger partial charge is 0.313 e. The Labute approximate surface area is 103 Å². The van der Waals surface area contributed by atoms with Crippen LogP contribution in [0.3, 0.4) is 0 Å². The monoisotopic (exact) mass is 245 g/mol. The lowest BCUT2D eigenvalue weighted by Crippen LogP contribution is -2.42. The molecule has 0 bridgehead atoms. The van der Waals surface area contributed by atoms with Gasteiger partial charge in [0.15, 0.2) is 0 Å². The Morgan fingerprint density at radius 3 is 2.60 bits per heavy atom. The van der Waals surface area contributed by atoms with Crippen LogP contribution in [0.5, 0.6) is 0 Å². The van der Waals surface area contributed by atoms with E-state index in [0.717, 1.165) is 10.5 Å². The van der Waals surface area contributed by atoms with Crippen molar-refractivity contribution in [3.05, 3.63) is 11.6 Å². The van der Waals surface area contributed by atoms with Crippen LogP contribution in [0.2, 0.25) is 0 Å². The minimum Gasteiger partial charge on any atom is -0.313 e. The first-order chi connectivity index (χ1) is 7.19. The molecule has 0 aromatic rings. The fraction of sp³-hybridized carbons (Fsp3) is 0.833. The lowest BCUT2D eigenvalue weighted by Gasteiger charge is -2.34. The fourth-order valence-corrected chi connectivity index (χ4v) is 5.21. The number of thioether (sulfide) groups is 2. The molecular weight excluding hydrogens is 222 g/mol. The molecule has 1 N–H and O–H groups in total. The van der Waals surface area contributed by atoms with E-state index < -0.39 is 0 Å². The SMILES string of the molecule is CCC1SCCSC1C(C=C(C)C)NC. The van der Waals surface area contributed by atoms with Crippen molar-refractivity contribution < 1.29 is 0 Å². The van der Waals surface area contributed by atoms with Gasteiger partial charge >= 0.3 is 0 Å². The molecule has 15 heavy (non-hydrogen) atoms. The zero-order valence-electron chi connectivity index (χ0n) is 10.2. The maximum atomic E-state index is 3.46. The predicted octanol–water partition coefficient (Wildman–Crippen LogP) is 3.17. The van der Waals surface area contributed by atoms with Crippen LogP contribution in [0.4, 0.5) is 0 Å². The second kappa shape index (κ2) is 6.87. The third kappa shape index (κ3) is 4.04. The summed E-state index contributed by atoms with van der Waals surface area (Å²) in [5.74, 6) is 2.63. The molecule has 1 aliphatic rings. The molecule has 0 radical (unpaired) electrons. The first-order valence-electron chi connectivity index (χ1n) is 5.74. The van der Waals surface area contributed by atoms with Crippen molar-refractivity contribution in [3.8, 4) is 0 Å². The normalized spacial score (nSPS) is 28.5. The second-order valence-corrected chi connectivity index (χ2v) is 6.84. The van der Waals surface area contributed by atoms with E-state index in [2.05, 4.69) is 62.7 Å². The van der Waals surface area contributed by atoms with Gasteiger partial charge in [0.1, 0.15) is 0 Å². The zero-order chi connectivity index (χ0) is 11.3. The molecule has 0 aliphatic carbocycles. The van der Waals surface area contributed by atoms with Crippen molar-refractivity contribution >= 4 is 23.5 Å². The van der Waals surface area contributed by atoms with E-state index in [4.69, 9.17) is 0 Å². The molecule has 3 unspecified atom stereocenters. The third-order valence-electron chi connectivity index (χ3n) is 2.69. The predicted molar refractivity (Wildman–Crippen MR) is 75.1 cm³/mol. The second-order valence-electron chi connectivity index (χ2n) is 4.21. The van der Waals surface area contributed by atoms with Gasteiger partial charge in [-0.25, -0.2) is 0 Å². The molecule has 0 amide bonds. The first-order valence-corrected chi connectivity index (χ1v) is 7.84. The van der Waals surface area contributed by atoms with Gasteiger partial charge in [0.05, 0.1) is 0 Å². The van der Waals surface area contributed by atoms with Crippen molar-refractivity contribution in [2.75, 3.05) is 18.6 Å². The van der Waals surface area contributed by atoms with Gasteiger partial charge < -0.3 is 5.32 Å². The third-order valence-corrected chi connectivity index (χ3v) is 6.07. The number of hydrogen-bond acceptors (Lipinski definition) is 3. The average molecular weight is 245 g/mol. The van der Waals surface area contributed by atoms with Gasteiger partial charge in [-0.3, -0.25) is 0 Å². The van der Waals surface area contributed by atoms with Crippen LogP contribution in [0.15, 0.2) is 11.6 Å². The highest BCUT2D eigenvalue weighted by Crippen LogP contribution is 2.35. The van der Waals surface area contributed by atoms with Gasteiger partial charge in [-0.05, 0) is 27.3 Å². The van der Waals surface area contributed by atoms with Crippen molar-refractivity contribution in [1.29, 1.82) is 0 Å². The Hall–Kier alpha value is 0.400. The summed E-state index contributed by atoms with van der Waals surface area (Å²) >= 11 is 4.29. The van der Waals surface area contributed by atoms with Crippen molar-refractivity contribution in [1.82, 2.24) is 5.32 Å². The summed E-state index contributed by atoms with van der Waals surface area (Å²) in [6, 6.07) is 0.540. The summed E-state index contributed by atoms with van der Waals surface area (Å²) in [4.78, 5) is 0. The highest BCUT2D eigenvalue weighted by Gasteiger charge is 2.29. The minimum atomic E-state index is 0.540. The molecule has 3 heteroatoms. The molecule has 1 saturated heterocycles. The van der Waals surface area contributed by atoms with Crippen LogP contribution in [0.25, 0.3) is 0 Å². The minimum absolute atomic E-state index is 0.540. The zero-order valence-corrected chi connectivity index (χ0v) is 11.9. The molecule has 1 heterocycles. The molecule has 1 aliphatic heterocycles. The highest BCUT2D eigenvalue weighted by molar-refractivity contribution is 8.07. The van der Waals surface area contributed by atoms with Crippen LogP contribution in [0.1, 0.15) is 27.2 Å². The van der Waals surface area contributed by atoms with Crippen molar-refractivity contribution in [3.63, 3.8) is 0 Å². The Bertz CT molecular complexity index is 212. The van der Waals surface area contributed by atoms with Crippen molar-refractivity contribution in [2.45, 2.75) is 43.7 Å². The van der Waals surface area contributed by atoms with Gasteiger partial charge in [0.25, 0.3) is 0 Å². The standard InChI is InChI=1S/C12H23NS2/c1-5-11-12(15-7-6-14-11)10(13-4)8-9(2)3/h8,10-13H,5-7H2,1-4H3. The quantitative estimate of drug-likeness (QED) is 0.764. The van der Waals surface area contributed by atoms with E-state index in [1.54, 1.807) is 0 Å². The van der Waals surface area contributed by atoms with E-state index in [0.29, 0.717) is 6.04 Å². The maximum Gasteiger partial charge on any atom is 0.0380 e. The van der Waals surface area contributed by atoms with E-state index >= 15 is 0 Å². The number of rotatable bonds is 4. The summed E-state index contributed by atoms with van der Waals surface area (Å²) in [6.45, 7) is 6.68. The molecule has 0 spiro atoms. The Balaban J connectivity index is 2.67. The molecule has 1 nitrogen and oxygen atoms in total. The number of nitrogens with one attached hydrogen (secondary N) is 1. The van der Waals surface area contributed by atoms with Gasteiger partial charge in [0.2, 0.25) is 0 Å². The molecule has 0 aromatic heterocycles. The highest BCUT2D eigenvalue weighted by atomic mass is 32.2. The van der Waals surface area contributed by atoms with E-state index in [1.165, 1.54) is 23.5 Å². The fourth-order valence-electron chi connectivity index (χ4n) is 1.97. The van der Waals surface area contributed by atoms with Crippen LogP contribution >= 0.6 is 23.5 Å². The maximum absolute atomic E-state index is 3.46. The number of hydrogen-bond donors (Lipinski definition) is 1. The van der Waals surface area contributed by atoms with Crippen molar-refractivity contribution in [2.24, 2.45) is 0 Å². The summed E-state index contributed by atoms with van der Waals surface area (Å²) in [6.07, 6.45) is 3.67. The number of allylic oxidation sites excluding steroid dienone is 1. The molecule has 1 rings (SSSR count). The lowest BCUT2D eigenvalue weighted by atomic mass is 10.1. The molecule has 88 valence electrons. The smallest absolute Gasteiger partial charge is 0.0380 e. The van der Waals surface area contributed by atoms with Gasteiger partial charge in [0, 0.05) is 28.0 Å². The van der Waals surface area contributed by atoms with Gasteiger partial charge in [-0.2, -0.15) is 23.5 Å².